The summed E-state index contributed by atoms with van der Waals surface area (Å²) >= 11 is 6.27. The van der Waals surface area contributed by atoms with Gasteiger partial charge in [-0.3, -0.25) is 9.59 Å². The molecule has 2 N–H and O–H groups in total. The van der Waals surface area contributed by atoms with E-state index in [1.165, 1.54) is 5.01 Å². The van der Waals surface area contributed by atoms with Gasteiger partial charge in [0.1, 0.15) is 5.75 Å². The molecule has 2 aromatic rings. The third kappa shape index (κ3) is 4.11. The summed E-state index contributed by atoms with van der Waals surface area (Å²) in [6.07, 6.45) is -0.0733. The molecule has 1 unspecified atom stereocenters. The lowest BCUT2D eigenvalue weighted by Gasteiger charge is -2.23. The molecule has 0 aliphatic carbocycles. The number of aliphatic carboxylic acids is 1. The number of nitrogens with zero attached hydrogens (tertiary/aromatic N) is 2. The normalized spacial score (nSPS) is 16.3. The second kappa shape index (κ2) is 7.80. The number of carbonyl (C=O) groups excluding carboxylic acids is 1. The fraction of sp³-hybridized carbons (Fsp3) is 0.250. The molecule has 0 saturated heterocycles. The van der Waals surface area contributed by atoms with Crippen LogP contribution in [0.15, 0.2) is 47.6 Å². The molecule has 0 spiro atoms. The van der Waals surface area contributed by atoms with Crippen LogP contribution < -0.4 is 0 Å². The highest BCUT2D eigenvalue weighted by Crippen LogP contribution is 2.38. The monoisotopic (exact) mass is 386 g/mol. The van der Waals surface area contributed by atoms with E-state index in [0.717, 1.165) is 5.56 Å². The molecular formula is C20H19ClN2O4. The van der Waals surface area contributed by atoms with Gasteiger partial charge in [-0.2, -0.15) is 5.10 Å². The lowest BCUT2D eigenvalue weighted by atomic mass is 9.96. The van der Waals surface area contributed by atoms with Crippen molar-refractivity contribution in [3.8, 4) is 5.75 Å². The fourth-order valence-electron chi connectivity index (χ4n) is 3.11. The summed E-state index contributed by atoms with van der Waals surface area (Å²) in [5.74, 6) is -1.39. The second-order valence-electron chi connectivity index (χ2n) is 6.44. The Labute approximate surface area is 161 Å². The lowest BCUT2D eigenvalue weighted by Crippen LogP contribution is -2.27. The van der Waals surface area contributed by atoms with Gasteiger partial charge < -0.3 is 10.2 Å². The van der Waals surface area contributed by atoms with Crippen LogP contribution in [0.3, 0.4) is 0 Å². The number of benzene rings is 2. The van der Waals surface area contributed by atoms with Crippen LogP contribution in [0, 0.1) is 6.92 Å². The van der Waals surface area contributed by atoms with Crippen LogP contribution in [0.4, 0.5) is 0 Å². The van der Waals surface area contributed by atoms with Crippen LogP contribution in [0.5, 0.6) is 5.75 Å². The molecule has 140 valence electrons. The third-order valence-corrected chi connectivity index (χ3v) is 4.78. The first-order valence-corrected chi connectivity index (χ1v) is 8.90. The summed E-state index contributed by atoms with van der Waals surface area (Å²) in [4.78, 5) is 23.5. The van der Waals surface area contributed by atoms with Crippen molar-refractivity contribution in [2.75, 3.05) is 0 Å². The van der Waals surface area contributed by atoms with Crippen molar-refractivity contribution in [2.24, 2.45) is 5.10 Å². The van der Waals surface area contributed by atoms with Crippen LogP contribution in [-0.4, -0.2) is 32.8 Å². The predicted octanol–water partition coefficient (Wildman–Crippen LogP) is 3.90. The number of carbonyl (C=O) groups is 2. The van der Waals surface area contributed by atoms with Gasteiger partial charge in [-0.05, 0) is 19.1 Å². The van der Waals surface area contributed by atoms with Crippen LogP contribution in [0.25, 0.3) is 0 Å². The molecule has 1 aliphatic rings. The number of phenolic OH excluding ortho intramolecular Hbond substituents is 1. The number of hydrogen-bond donors (Lipinski definition) is 2. The molecule has 0 bridgehead atoms. The number of aryl methyl sites for hydroxylation is 1. The highest BCUT2D eigenvalue weighted by atomic mass is 35.5. The molecule has 0 radical (unpaired) electrons. The summed E-state index contributed by atoms with van der Waals surface area (Å²) < 4.78 is 0. The van der Waals surface area contributed by atoms with Crippen molar-refractivity contribution < 1.29 is 19.8 Å². The number of phenols is 1. The highest BCUT2D eigenvalue weighted by Gasteiger charge is 2.35. The number of carboxylic acids is 1. The first-order valence-electron chi connectivity index (χ1n) is 8.52. The molecule has 1 heterocycles. The Morgan fingerprint density at radius 1 is 1.22 bits per heavy atom. The maximum atomic E-state index is 12.6. The Morgan fingerprint density at radius 3 is 2.67 bits per heavy atom. The van der Waals surface area contributed by atoms with Crippen LogP contribution >= 0.6 is 11.6 Å². The minimum atomic E-state index is -1.05. The van der Waals surface area contributed by atoms with Gasteiger partial charge in [0.15, 0.2) is 0 Å². The van der Waals surface area contributed by atoms with Crippen molar-refractivity contribution in [1.82, 2.24) is 5.01 Å². The number of amides is 1. The SMILES string of the molecule is Cc1ccc(O)c(C2CC(c3ccccc3Cl)=NN2C(=O)CCC(=O)O)c1. The van der Waals surface area contributed by atoms with Gasteiger partial charge in [0.2, 0.25) is 5.91 Å². The van der Waals surface area contributed by atoms with Gasteiger partial charge in [-0.25, -0.2) is 5.01 Å². The van der Waals surface area contributed by atoms with E-state index in [1.54, 1.807) is 24.3 Å². The van der Waals surface area contributed by atoms with Crippen molar-refractivity contribution in [3.63, 3.8) is 0 Å². The molecule has 6 nitrogen and oxygen atoms in total. The second-order valence-corrected chi connectivity index (χ2v) is 6.85. The third-order valence-electron chi connectivity index (χ3n) is 4.45. The zero-order valence-corrected chi connectivity index (χ0v) is 15.5. The minimum Gasteiger partial charge on any atom is -0.508 e. The highest BCUT2D eigenvalue weighted by molar-refractivity contribution is 6.34. The average molecular weight is 387 g/mol. The number of rotatable bonds is 5. The van der Waals surface area contributed by atoms with E-state index in [-0.39, 0.29) is 18.6 Å². The minimum absolute atomic E-state index is 0.0669. The van der Waals surface area contributed by atoms with Crippen LogP contribution in [0.2, 0.25) is 5.02 Å². The zero-order chi connectivity index (χ0) is 19.6. The summed E-state index contributed by atoms with van der Waals surface area (Å²) in [6.45, 7) is 1.89. The summed E-state index contributed by atoms with van der Waals surface area (Å²) in [7, 11) is 0. The molecule has 0 aromatic heterocycles. The van der Waals surface area contributed by atoms with E-state index >= 15 is 0 Å². The molecule has 3 rings (SSSR count). The lowest BCUT2D eigenvalue weighted by molar-refractivity contribution is -0.141. The standard InChI is InChI=1S/C20H19ClN2O4/c1-12-6-7-18(24)14(10-12)17-11-16(13-4-2-3-5-15(13)21)22-23(17)19(25)8-9-20(26)27/h2-7,10,17,24H,8-9,11H2,1H3,(H,26,27). The number of hydrogen-bond acceptors (Lipinski definition) is 4. The molecule has 7 heteroatoms. The van der Waals surface area contributed by atoms with Gasteiger partial charge in [-0.15, -0.1) is 0 Å². The van der Waals surface area contributed by atoms with E-state index in [2.05, 4.69) is 5.10 Å². The molecule has 2 aromatic carbocycles. The molecular weight excluding hydrogens is 368 g/mol. The van der Waals surface area contributed by atoms with Crippen molar-refractivity contribution >= 4 is 29.2 Å². The Balaban J connectivity index is 1.99. The molecule has 0 saturated carbocycles. The van der Waals surface area contributed by atoms with Gasteiger partial charge in [0.25, 0.3) is 0 Å². The maximum Gasteiger partial charge on any atom is 0.303 e. The van der Waals surface area contributed by atoms with Crippen molar-refractivity contribution in [1.29, 1.82) is 0 Å². The van der Waals surface area contributed by atoms with E-state index < -0.39 is 17.9 Å². The van der Waals surface area contributed by atoms with Crippen molar-refractivity contribution in [2.45, 2.75) is 32.2 Å². The maximum absolute atomic E-state index is 12.6. The Hall–Kier alpha value is -2.86. The van der Waals surface area contributed by atoms with E-state index in [4.69, 9.17) is 16.7 Å². The Bertz CT molecular complexity index is 926. The average Bonchev–Trinajstić information content (AvgIpc) is 3.07. The topological polar surface area (TPSA) is 90.2 Å². The largest absolute Gasteiger partial charge is 0.508 e. The zero-order valence-electron chi connectivity index (χ0n) is 14.7. The number of carboxylic acid groups (broad SMARTS) is 1. The summed E-state index contributed by atoms with van der Waals surface area (Å²) in [5.41, 5.74) is 2.84. The molecule has 27 heavy (non-hydrogen) atoms. The van der Waals surface area contributed by atoms with E-state index in [0.29, 0.717) is 28.3 Å². The molecule has 1 amide bonds. The predicted molar refractivity (Wildman–Crippen MR) is 102 cm³/mol. The first-order chi connectivity index (χ1) is 12.9. The first kappa shape index (κ1) is 18.9. The molecule has 1 aliphatic heterocycles. The Morgan fingerprint density at radius 2 is 1.96 bits per heavy atom. The van der Waals surface area contributed by atoms with E-state index in [1.807, 2.05) is 25.1 Å². The smallest absolute Gasteiger partial charge is 0.303 e. The number of hydrazone groups is 1. The number of halogens is 1. The number of aromatic hydroxyl groups is 1. The Kier molecular flexibility index (Phi) is 5.46. The summed E-state index contributed by atoms with van der Waals surface area (Å²) in [5, 5.41) is 25.4. The van der Waals surface area contributed by atoms with Crippen molar-refractivity contribution in [3.05, 3.63) is 64.2 Å². The fourth-order valence-corrected chi connectivity index (χ4v) is 3.35. The van der Waals surface area contributed by atoms with Gasteiger partial charge in [0, 0.05) is 29.0 Å². The van der Waals surface area contributed by atoms with E-state index in [9.17, 15) is 14.7 Å². The quantitative estimate of drug-likeness (QED) is 0.815. The van der Waals surface area contributed by atoms with Gasteiger partial charge in [-0.1, -0.05) is 47.5 Å². The summed E-state index contributed by atoms with van der Waals surface area (Å²) in [6, 6.07) is 11.9. The van der Waals surface area contributed by atoms with Gasteiger partial charge >= 0.3 is 5.97 Å². The molecule has 1 atom stereocenters. The van der Waals surface area contributed by atoms with Crippen LogP contribution in [-0.2, 0) is 9.59 Å². The molecule has 0 fully saturated rings. The van der Waals surface area contributed by atoms with Gasteiger partial charge in [0.05, 0.1) is 18.2 Å². The van der Waals surface area contributed by atoms with Crippen LogP contribution in [0.1, 0.15) is 42.0 Å².